The molecule has 20 heavy (non-hydrogen) atoms. The molecule has 2 aromatic rings. The summed E-state index contributed by atoms with van der Waals surface area (Å²) in [6.45, 7) is 2.04. The highest BCUT2D eigenvalue weighted by atomic mass is 19.1. The lowest BCUT2D eigenvalue weighted by atomic mass is 10.00. The molecule has 0 saturated carbocycles. The van der Waals surface area contributed by atoms with Gasteiger partial charge in [-0.1, -0.05) is 36.4 Å². The van der Waals surface area contributed by atoms with Gasteiger partial charge in [0.25, 0.3) is 0 Å². The van der Waals surface area contributed by atoms with E-state index in [1.807, 2.05) is 30.3 Å². The molecule has 1 heterocycles. The van der Waals surface area contributed by atoms with Crippen molar-refractivity contribution in [2.75, 3.05) is 4.90 Å². The van der Waals surface area contributed by atoms with Crippen molar-refractivity contribution < 1.29 is 9.18 Å². The summed E-state index contributed by atoms with van der Waals surface area (Å²) in [4.78, 5) is 13.9. The summed E-state index contributed by atoms with van der Waals surface area (Å²) in [6.07, 6.45) is 1.26. The van der Waals surface area contributed by atoms with E-state index in [0.717, 1.165) is 17.7 Å². The largest absolute Gasteiger partial charge is 0.308 e. The van der Waals surface area contributed by atoms with Crippen LogP contribution in [0.3, 0.4) is 0 Å². The number of hydrogen-bond acceptors (Lipinski definition) is 1. The number of nitrogens with zero attached hydrogens (tertiary/aromatic N) is 1. The molecule has 1 aliphatic rings. The highest BCUT2D eigenvalue weighted by Crippen LogP contribution is 2.29. The van der Waals surface area contributed by atoms with Gasteiger partial charge in [-0.15, -0.1) is 0 Å². The van der Waals surface area contributed by atoms with E-state index in [9.17, 15) is 9.18 Å². The van der Waals surface area contributed by atoms with Crippen molar-refractivity contribution in [2.24, 2.45) is 0 Å². The minimum atomic E-state index is -0.219. The lowest BCUT2D eigenvalue weighted by molar-refractivity contribution is -0.119. The first kappa shape index (κ1) is 12.9. The van der Waals surface area contributed by atoms with Crippen LogP contribution in [-0.4, -0.2) is 5.91 Å². The van der Waals surface area contributed by atoms with Crippen molar-refractivity contribution >= 4 is 11.6 Å². The molecule has 0 unspecified atom stereocenters. The molecule has 2 nitrogen and oxygen atoms in total. The van der Waals surface area contributed by atoms with Crippen LogP contribution in [0.25, 0.3) is 0 Å². The second kappa shape index (κ2) is 5.08. The van der Waals surface area contributed by atoms with Crippen molar-refractivity contribution in [2.45, 2.75) is 26.3 Å². The Labute approximate surface area is 117 Å². The maximum Gasteiger partial charge on any atom is 0.227 e. The molecule has 0 atom stereocenters. The third-order valence-corrected chi connectivity index (χ3v) is 3.79. The van der Waals surface area contributed by atoms with Crippen LogP contribution in [0.1, 0.15) is 23.1 Å². The highest BCUT2D eigenvalue weighted by Gasteiger charge is 2.24. The van der Waals surface area contributed by atoms with Crippen LogP contribution in [0.15, 0.2) is 42.5 Å². The fourth-order valence-corrected chi connectivity index (χ4v) is 2.67. The van der Waals surface area contributed by atoms with Gasteiger partial charge in [-0.25, -0.2) is 4.39 Å². The molecule has 3 heteroatoms. The fraction of sp³-hybridized carbons (Fsp3) is 0.235. The van der Waals surface area contributed by atoms with Crippen LogP contribution in [-0.2, 0) is 17.8 Å². The van der Waals surface area contributed by atoms with Crippen molar-refractivity contribution in [3.05, 3.63) is 65.0 Å². The first-order valence-corrected chi connectivity index (χ1v) is 6.79. The normalized spacial score (nSPS) is 14.3. The van der Waals surface area contributed by atoms with Gasteiger partial charge in [0, 0.05) is 17.7 Å². The lowest BCUT2D eigenvalue weighted by Crippen LogP contribution is -2.34. The second-order valence-electron chi connectivity index (χ2n) is 5.16. The monoisotopic (exact) mass is 269 g/mol. The van der Waals surface area contributed by atoms with Crippen molar-refractivity contribution in [3.63, 3.8) is 0 Å². The van der Waals surface area contributed by atoms with E-state index in [-0.39, 0.29) is 11.7 Å². The Hall–Kier alpha value is -2.16. The number of carbonyl (C=O) groups excluding carboxylic acids is 1. The van der Waals surface area contributed by atoms with Crippen molar-refractivity contribution in [1.29, 1.82) is 0 Å². The quantitative estimate of drug-likeness (QED) is 0.815. The minimum Gasteiger partial charge on any atom is -0.308 e. The number of amides is 1. The van der Waals surface area contributed by atoms with Crippen molar-refractivity contribution in [3.8, 4) is 0 Å². The van der Waals surface area contributed by atoms with Crippen LogP contribution < -0.4 is 4.90 Å². The second-order valence-corrected chi connectivity index (χ2v) is 5.16. The van der Waals surface area contributed by atoms with E-state index in [4.69, 9.17) is 0 Å². The van der Waals surface area contributed by atoms with Gasteiger partial charge in [0.15, 0.2) is 0 Å². The SMILES string of the molecule is Cc1cccc(CN2C(=O)CCc3ccccc32)c1F. The summed E-state index contributed by atoms with van der Waals surface area (Å²) >= 11 is 0. The van der Waals surface area contributed by atoms with Crippen molar-refractivity contribution in [1.82, 2.24) is 0 Å². The van der Waals surface area contributed by atoms with Gasteiger partial charge >= 0.3 is 0 Å². The van der Waals surface area contributed by atoms with Crippen LogP contribution in [0, 0.1) is 12.7 Å². The van der Waals surface area contributed by atoms with Crippen LogP contribution >= 0.6 is 0 Å². The zero-order valence-electron chi connectivity index (χ0n) is 11.4. The van der Waals surface area contributed by atoms with E-state index in [1.54, 1.807) is 24.0 Å². The Morgan fingerprint density at radius 3 is 2.75 bits per heavy atom. The van der Waals surface area contributed by atoms with Gasteiger partial charge in [-0.3, -0.25) is 4.79 Å². The van der Waals surface area contributed by atoms with Gasteiger partial charge < -0.3 is 4.90 Å². The van der Waals surface area contributed by atoms with E-state index >= 15 is 0 Å². The molecule has 0 saturated heterocycles. The average molecular weight is 269 g/mol. The summed E-state index contributed by atoms with van der Waals surface area (Å²) < 4.78 is 14.1. The average Bonchev–Trinajstić information content (AvgIpc) is 2.46. The lowest BCUT2D eigenvalue weighted by Gasteiger charge is -2.29. The Kier molecular flexibility index (Phi) is 3.26. The zero-order valence-corrected chi connectivity index (χ0v) is 11.4. The Balaban J connectivity index is 1.98. The molecule has 0 spiro atoms. The summed E-state index contributed by atoms with van der Waals surface area (Å²) in [5.41, 5.74) is 3.24. The molecule has 1 amide bonds. The van der Waals surface area contributed by atoms with Crippen LogP contribution in [0.5, 0.6) is 0 Å². The van der Waals surface area contributed by atoms with Gasteiger partial charge in [0.05, 0.1) is 6.54 Å². The summed E-state index contributed by atoms with van der Waals surface area (Å²) in [6, 6.07) is 13.2. The first-order valence-electron chi connectivity index (χ1n) is 6.79. The number of halogens is 1. The Morgan fingerprint density at radius 2 is 1.90 bits per heavy atom. The fourth-order valence-electron chi connectivity index (χ4n) is 2.67. The number of fused-ring (bicyclic) bond motifs is 1. The topological polar surface area (TPSA) is 20.3 Å². The minimum absolute atomic E-state index is 0.0598. The third kappa shape index (κ3) is 2.20. The predicted octanol–water partition coefficient (Wildman–Crippen LogP) is 3.61. The van der Waals surface area contributed by atoms with Gasteiger partial charge in [0.1, 0.15) is 5.82 Å². The van der Waals surface area contributed by atoms with Gasteiger partial charge in [-0.05, 0) is 30.5 Å². The molecular weight excluding hydrogens is 253 g/mol. The predicted molar refractivity (Wildman–Crippen MR) is 77.1 cm³/mol. The molecule has 0 aliphatic carbocycles. The number of anilines is 1. The number of aryl methyl sites for hydroxylation is 2. The number of carbonyl (C=O) groups is 1. The zero-order chi connectivity index (χ0) is 14.1. The molecular formula is C17H16FNO. The summed E-state index contributed by atoms with van der Waals surface area (Å²) in [5, 5.41) is 0. The molecule has 102 valence electrons. The number of benzene rings is 2. The molecule has 0 radical (unpaired) electrons. The molecule has 3 rings (SSSR count). The van der Waals surface area contributed by atoms with E-state index in [2.05, 4.69) is 0 Å². The van der Waals surface area contributed by atoms with Crippen LogP contribution in [0.2, 0.25) is 0 Å². The maximum absolute atomic E-state index is 14.1. The first-order chi connectivity index (χ1) is 9.66. The number of rotatable bonds is 2. The number of hydrogen-bond donors (Lipinski definition) is 0. The van der Waals surface area contributed by atoms with Gasteiger partial charge in [-0.2, -0.15) is 0 Å². The molecule has 0 aromatic heterocycles. The molecule has 0 N–H and O–H groups in total. The third-order valence-electron chi connectivity index (χ3n) is 3.79. The maximum atomic E-state index is 14.1. The molecule has 2 aromatic carbocycles. The van der Waals surface area contributed by atoms with Gasteiger partial charge in [0.2, 0.25) is 5.91 Å². The van der Waals surface area contributed by atoms with E-state index < -0.39 is 0 Å². The summed E-state index contributed by atoms with van der Waals surface area (Å²) in [7, 11) is 0. The molecule has 0 bridgehead atoms. The molecule has 0 fully saturated rings. The molecule has 1 aliphatic heterocycles. The van der Waals surface area contributed by atoms with E-state index in [0.29, 0.717) is 24.1 Å². The highest BCUT2D eigenvalue weighted by molar-refractivity contribution is 5.96. The smallest absolute Gasteiger partial charge is 0.227 e. The standard InChI is InChI=1S/C17H16FNO/c1-12-5-4-7-14(17(12)18)11-19-15-8-3-2-6-13(15)9-10-16(19)20/h2-8H,9-11H2,1H3. The number of para-hydroxylation sites is 1. The van der Waals surface area contributed by atoms with E-state index in [1.165, 1.54) is 0 Å². The van der Waals surface area contributed by atoms with Crippen LogP contribution in [0.4, 0.5) is 10.1 Å². The summed E-state index contributed by atoms with van der Waals surface area (Å²) in [5.74, 6) is -0.159. The Bertz CT molecular complexity index is 666. The Morgan fingerprint density at radius 1 is 1.10 bits per heavy atom.